The summed E-state index contributed by atoms with van der Waals surface area (Å²) < 4.78 is 5.67. The highest BCUT2D eigenvalue weighted by Crippen LogP contribution is 2.24. The normalized spacial score (nSPS) is 10.7. The van der Waals surface area contributed by atoms with Crippen molar-refractivity contribution in [2.24, 2.45) is 0 Å². The van der Waals surface area contributed by atoms with Gasteiger partial charge in [0.2, 0.25) is 0 Å². The fraction of sp³-hybridized carbons (Fsp3) is 0. The Hall–Kier alpha value is -2.75. The van der Waals surface area contributed by atoms with Gasteiger partial charge in [0, 0.05) is 17.3 Å². The number of anilines is 1. The van der Waals surface area contributed by atoms with Gasteiger partial charge in [-0.3, -0.25) is 4.79 Å². The summed E-state index contributed by atoms with van der Waals surface area (Å²) in [5.41, 5.74) is 7.30. The Morgan fingerprint density at radius 3 is 2.47 bits per heavy atom. The van der Waals surface area contributed by atoms with Crippen LogP contribution in [0.25, 0.3) is 22.3 Å². The zero-order chi connectivity index (χ0) is 13.4. The quantitative estimate of drug-likeness (QED) is 0.654. The number of hydrogen-bond donors (Lipinski definition) is 2. The van der Waals surface area contributed by atoms with E-state index in [4.69, 9.17) is 10.2 Å². The largest absolute Gasteiger partial charge is 0.508 e. The summed E-state index contributed by atoms with van der Waals surface area (Å²) in [6.45, 7) is 0. The summed E-state index contributed by atoms with van der Waals surface area (Å²) in [5.74, 6) is 0.517. The third-order valence-electron chi connectivity index (χ3n) is 2.91. The van der Waals surface area contributed by atoms with Crippen LogP contribution in [0.15, 0.2) is 57.7 Å². The van der Waals surface area contributed by atoms with Gasteiger partial charge in [0.25, 0.3) is 0 Å². The van der Waals surface area contributed by atoms with Crippen LogP contribution in [-0.4, -0.2) is 5.11 Å². The molecule has 0 atom stereocenters. The number of phenols is 1. The van der Waals surface area contributed by atoms with E-state index in [9.17, 15) is 9.90 Å². The minimum Gasteiger partial charge on any atom is -0.508 e. The van der Waals surface area contributed by atoms with Crippen molar-refractivity contribution in [3.8, 4) is 17.1 Å². The van der Waals surface area contributed by atoms with Crippen LogP contribution in [-0.2, 0) is 0 Å². The first-order chi connectivity index (χ1) is 9.13. The predicted molar refractivity (Wildman–Crippen MR) is 74.0 cm³/mol. The van der Waals surface area contributed by atoms with Crippen LogP contribution < -0.4 is 11.2 Å². The van der Waals surface area contributed by atoms with Crippen molar-refractivity contribution in [1.29, 1.82) is 0 Å². The van der Waals surface area contributed by atoms with Gasteiger partial charge in [-0.1, -0.05) is 0 Å². The average Bonchev–Trinajstić information content (AvgIpc) is 2.40. The standard InChI is InChI=1S/C15H11NO3/c16-10-3-1-9(2-4-10)15-8-13(18)12-7-11(17)5-6-14(12)19-15/h1-8,17H,16H2. The molecule has 1 aromatic heterocycles. The summed E-state index contributed by atoms with van der Waals surface area (Å²) in [6, 6.07) is 12.9. The van der Waals surface area contributed by atoms with Crippen molar-refractivity contribution in [3.05, 3.63) is 58.8 Å². The molecule has 0 aliphatic heterocycles. The van der Waals surface area contributed by atoms with Gasteiger partial charge in [0.05, 0.1) is 5.39 Å². The molecule has 94 valence electrons. The molecule has 4 heteroatoms. The topological polar surface area (TPSA) is 76.5 Å². The summed E-state index contributed by atoms with van der Waals surface area (Å²) >= 11 is 0. The van der Waals surface area contributed by atoms with Crippen LogP contribution in [0.3, 0.4) is 0 Å². The van der Waals surface area contributed by atoms with Gasteiger partial charge in [0.1, 0.15) is 17.1 Å². The van der Waals surface area contributed by atoms with Gasteiger partial charge in [-0.2, -0.15) is 0 Å². The highest BCUT2D eigenvalue weighted by Gasteiger charge is 2.07. The number of aromatic hydroxyl groups is 1. The molecular formula is C15H11NO3. The van der Waals surface area contributed by atoms with Gasteiger partial charge in [0.15, 0.2) is 5.43 Å². The third kappa shape index (κ3) is 2.04. The van der Waals surface area contributed by atoms with E-state index < -0.39 is 0 Å². The molecule has 0 spiro atoms. The van der Waals surface area contributed by atoms with E-state index >= 15 is 0 Å². The third-order valence-corrected chi connectivity index (χ3v) is 2.91. The van der Waals surface area contributed by atoms with Gasteiger partial charge in [-0.15, -0.1) is 0 Å². The minimum atomic E-state index is -0.191. The number of nitrogens with two attached hydrogens (primary N) is 1. The first kappa shape index (κ1) is 11.3. The molecule has 3 aromatic rings. The van der Waals surface area contributed by atoms with Gasteiger partial charge in [-0.25, -0.2) is 0 Å². The first-order valence-electron chi connectivity index (χ1n) is 5.76. The molecule has 19 heavy (non-hydrogen) atoms. The highest BCUT2D eigenvalue weighted by molar-refractivity contribution is 5.80. The number of phenolic OH excluding ortho intramolecular Hbond substituents is 1. The lowest BCUT2D eigenvalue weighted by Gasteiger charge is -2.04. The number of rotatable bonds is 1. The molecule has 2 aromatic carbocycles. The van der Waals surface area contributed by atoms with Crippen LogP contribution >= 0.6 is 0 Å². The molecule has 0 fully saturated rings. The van der Waals surface area contributed by atoms with E-state index in [0.717, 1.165) is 5.56 Å². The predicted octanol–water partition coefficient (Wildman–Crippen LogP) is 2.75. The molecular weight excluding hydrogens is 242 g/mol. The molecule has 3 N–H and O–H groups in total. The summed E-state index contributed by atoms with van der Waals surface area (Å²) in [7, 11) is 0. The monoisotopic (exact) mass is 253 g/mol. The zero-order valence-electron chi connectivity index (χ0n) is 9.96. The van der Waals surface area contributed by atoms with Crippen LogP contribution in [0, 0.1) is 0 Å². The second kappa shape index (κ2) is 4.17. The fourth-order valence-electron chi connectivity index (χ4n) is 1.93. The molecule has 0 saturated carbocycles. The van der Waals surface area contributed by atoms with E-state index in [-0.39, 0.29) is 11.2 Å². The average molecular weight is 253 g/mol. The summed E-state index contributed by atoms with van der Waals surface area (Å²) in [6.07, 6.45) is 0. The Balaban J connectivity index is 2.24. The zero-order valence-corrected chi connectivity index (χ0v) is 9.96. The van der Waals surface area contributed by atoms with Gasteiger partial charge in [-0.05, 0) is 42.5 Å². The Morgan fingerprint density at radius 1 is 1.00 bits per heavy atom. The summed E-state index contributed by atoms with van der Waals surface area (Å²) in [5, 5.41) is 9.74. The van der Waals surface area contributed by atoms with Crippen molar-refractivity contribution in [3.63, 3.8) is 0 Å². The van der Waals surface area contributed by atoms with Gasteiger partial charge < -0.3 is 15.3 Å². The van der Waals surface area contributed by atoms with Crippen molar-refractivity contribution in [2.75, 3.05) is 5.73 Å². The lowest BCUT2D eigenvalue weighted by Crippen LogP contribution is -2.00. The van der Waals surface area contributed by atoms with Crippen LogP contribution in [0.2, 0.25) is 0 Å². The number of hydrogen-bond acceptors (Lipinski definition) is 4. The lowest BCUT2D eigenvalue weighted by molar-refractivity contribution is 0.475. The molecule has 0 aliphatic rings. The SMILES string of the molecule is Nc1ccc(-c2cc(=O)c3cc(O)ccc3o2)cc1. The molecule has 3 rings (SSSR count). The Bertz CT molecular complexity index is 804. The lowest BCUT2D eigenvalue weighted by atomic mass is 10.1. The van der Waals surface area contributed by atoms with E-state index in [0.29, 0.717) is 22.4 Å². The Kier molecular flexibility index (Phi) is 2.49. The number of nitrogen functional groups attached to an aromatic ring is 1. The fourth-order valence-corrected chi connectivity index (χ4v) is 1.93. The van der Waals surface area contributed by atoms with E-state index in [1.54, 1.807) is 30.3 Å². The van der Waals surface area contributed by atoms with Crippen LogP contribution in [0.1, 0.15) is 0 Å². The van der Waals surface area contributed by atoms with Crippen molar-refractivity contribution in [1.82, 2.24) is 0 Å². The Labute approximate surface area is 108 Å². The molecule has 0 aliphatic carbocycles. The minimum absolute atomic E-state index is 0.0417. The molecule has 0 bridgehead atoms. The molecule has 0 amide bonds. The van der Waals surface area contributed by atoms with Crippen molar-refractivity contribution in [2.45, 2.75) is 0 Å². The van der Waals surface area contributed by atoms with Crippen molar-refractivity contribution < 1.29 is 9.52 Å². The van der Waals surface area contributed by atoms with E-state index in [2.05, 4.69) is 0 Å². The molecule has 4 nitrogen and oxygen atoms in total. The number of benzene rings is 2. The Morgan fingerprint density at radius 2 is 1.74 bits per heavy atom. The van der Waals surface area contributed by atoms with Crippen LogP contribution in [0.5, 0.6) is 5.75 Å². The molecule has 0 saturated heterocycles. The van der Waals surface area contributed by atoms with E-state index in [1.807, 2.05) is 0 Å². The summed E-state index contributed by atoms with van der Waals surface area (Å²) in [4.78, 5) is 12.0. The van der Waals surface area contributed by atoms with E-state index in [1.165, 1.54) is 18.2 Å². The second-order valence-corrected chi connectivity index (χ2v) is 4.28. The molecule has 0 unspecified atom stereocenters. The molecule has 0 radical (unpaired) electrons. The molecule has 1 heterocycles. The van der Waals surface area contributed by atoms with Gasteiger partial charge >= 0.3 is 0 Å². The van der Waals surface area contributed by atoms with Crippen LogP contribution in [0.4, 0.5) is 5.69 Å². The maximum absolute atomic E-state index is 12.0. The maximum atomic E-state index is 12.0. The van der Waals surface area contributed by atoms with Crippen molar-refractivity contribution >= 4 is 16.7 Å². The first-order valence-corrected chi connectivity index (χ1v) is 5.76. The highest BCUT2D eigenvalue weighted by atomic mass is 16.3. The second-order valence-electron chi connectivity index (χ2n) is 4.28. The smallest absolute Gasteiger partial charge is 0.193 e. The number of fused-ring (bicyclic) bond motifs is 1. The maximum Gasteiger partial charge on any atom is 0.193 e.